The molecule has 4 N–H and O–H groups in total. The molecule has 4 amide bonds. The zero-order chi connectivity index (χ0) is 33.3. The molecule has 3 fully saturated rings. The molecule has 0 aliphatic carbocycles. The number of carbonyl (C=O) groups excluding carboxylic acids is 3. The van der Waals surface area contributed by atoms with Gasteiger partial charge in [0.1, 0.15) is 5.00 Å². The molecule has 0 bridgehead atoms. The van der Waals surface area contributed by atoms with Crippen molar-refractivity contribution in [2.24, 2.45) is 5.92 Å². The summed E-state index contributed by atoms with van der Waals surface area (Å²) >= 11 is 7.62. The third-order valence-electron chi connectivity index (χ3n) is 10.0. The Labute approximate surface area is 281 Å². The molecule has 0 unspecified atom stereocenters. The van der Waals surface area contributed by atoms with Crippen LogP contribution in [0, 0.1) is 5.92 Å². The van der Waals surface area contributed by atoms with Crippen molar-refractivity contribution in [3.63, 3.8) is 0 Å². The Morgan fingerprint density at radius 3 is 2.34 bits per heavy atom. The standard InChI is InChI=1S/C32H41ClF3N7O3S/c33-26-17-20(16-25(28(26)37)32(34,35)36)15-22(30(45)42-10-1-23(2-11-42)40-12-6-38-7-13-40)18-27(44)41-8-3-24(4-9-41)43-19-21-5-14-47-29(21)39-31(43)46/h5,14,16-17,22-24,38H,1-4,6-13,15,18-19,37H2,(H,39,46)/t22-/m0/s1. The van der Waals surface area contributed by atoms with Gasteiger partial charge < -0.3 is 25.8 Å². The van der Waals surface area contributed by atoms with Crippen molar-refractivity contribution in [3.05, 3.63) is 45.3 Å². The minimum absolute atomic E-state index is 0.0285. The van der Waals surface area contributed by atoms with Crippen molar-refractivity contribution in [2.75, 3.05) is 63.4 Å². The van der Waals surface area contributed by atoms with Crippen LogP contribution >= 0.6 is 22.9 Å². The van der Waals surface area contributed by atoms with E-state index in [1.165, 1.54) is 17.4 Å². The summed E-state index contributed by atoms with van der Waals surface area (Å²) in [4.78, 5) is 48.2. The third kappa shape index (κ3) is 7.65. The molecule has 4 aliphatic rings. The van der Waals surface area contributed by atoms with Crippen molar-refractivity contribution in [1.82, 2.24) is 24.9 Å². The number of piperidine rings is 2. The first-order valence-electron chi connectivity index (χ1n) is 16.3. The lowest BCUT2D eigenvalue weighted by molar-refractivity contribution is -0.143. The highest BCUT2D eigenvalue weighted by atomic mass is 35.5. The van der Waals surface area contributed by atoms with Crippen LogP contribution in [-0.2, 0) is 28.7 Å². The summed E-state index contributed by atoms with van der Waals surface area (Å²) in [6.45, 7) is 6.23. The molecule has 2 aromatic rings. The number of likely N-dealkylation sites (tertiary alicyclic amines) is 2. The van der Waals surface area contributed by atoms with Gasteiger partial charge in [-0.05, 0) is 61.2 Å². The highest BCUT2D eigenvalue weighted by Crippen LogP contribution is 2.39. The number of urea groups is 1. The molecule has 3 saturated heterocycles. The predicted octanol–water partition coefficient (Wildman–Crippen LogP) is 4.49. The second-order valence-corrected chi connectivity index (χ2v) is 14.3. The average molecular weight is 696 g/mol. The molecule has 0 saturated carbocycles. The normalized spacial score (nSPS) is 21.0. The molecule has 0 radical (unpaired) electrons. The Morgan fingerprint density at radius 2 is 1.66 bits per heavy atom. The van der Waals surface area contributed by atoms with Crippen LogP contribution in [0.1, 0.15) is 48.8 Å². The van der Waals surface area contributed by atoms with Crippen LogP contribution in [-0.4, -0.2) is 102 Å². The zero-order valence-electron chi connectivity index (χ0n) is 26.2. The van der Waals surface area contributed by atoms with E-state index < -0.39 is 23.3 Å². The largest absolute Gasteiger partial charge is 0.418 e. The molecule has 1 aromatic carbocycles. The number of hydrogen-bond acceptors (Lipinski definition) is 7. The van der Waals surface area contributed by atoms with Gasteiger partial charge in [0.05, 0.1) is 28.7 Å². The van der Waals surface area contributed by atoms with Gasteiger partial charge in [0.25, 0.3) is 0 Å². The van der Waals surface area contributed by atoms with Gasteiger partial charge in [-0.25, -0.2) is 4.79 Å². The quantitative estimate of drug-likeness (QED) is 0.368. The topological polar surface area (TPSA) is 114 Å². The number of rotatable bonds is 7. The van der Waals surface area contributed by atoms with Crippen LogP contribution < -0.4 is 16.4 Å². The van der Waals surface area contributed by atoms with Gasteiger partial charge in [-0.15, -0.1) is 11.3 Å². The smallest absolute Gasteiger partial charge is 0.397 e. The summed E-state index contributed by atoms with van der Waals surface area (Å²) in [5, 5.41) is 8.89. The highest BCUT2D eigenvalue weighted by molar-refractivity contribution is 7.14. The lowest BCUT2D eigenvalue weighted by Gasteiger charge is -2.41. The first kappa shape index (κ1) is 33.8. The number of nitrogen functional groups attached to an aromatic ring is 1. The third-order valence-corrected chi connectivity index (χ3v) is 11.2. The van der Waals surface area contributed by atoms with Crippen LogP contribution in [0.2, 0.25) is 5.02 Å². The summed E-state index contributed by atoms with van der Waals surface area (Å²) in [7, 11) is 0. The van der Waals surface area contributed by atoms with E-state index in [0.717, 1.165) is 55.7 Å². The number of halogens is 4. The maximum atomic E-state index is 14.0. The minimum Gasteiger partial charge on any atom is -0.397 e. The number of amides is 4. The minimum atomic E-state index is -4.72. The molecular weight excluding hydrogens is 655 g/mol. The number of nitrogens with one attached hydrogen (secondary N) is 2. The lowest BCUT2D eigenvalue weighted by atomic mass is 9.91. The number of benzene rings is 1. The Hall–Kier alpha value is -3.07. The first-order valence-corrected chi connectivity index (χ1v) is 17.5. The average Bonchev–Trinajstić information content (AvgIpc) is 3.52. The second kappa shape index (κ2) is 14.2. The first-order chi connectivity index (χ1) is 22.5. The fourth-order valence-corrected chi connectivity index (χ4v) is 8.41. The van der Waals surface area contributed by atoms with Crippen molar-refractivity contribution in [3.8, 4) is 0 Å². The van der Waals surface area contributed by atoms with E-state index in [0.29, 0.717) is 51.6 Å². The summed E-state index contributed by atoms with van der Waals surface area (Å²) in [5.41, 5.74) is 5.34. The molecule has 256 valence electrons. The van der Waals surface area contributed by atoms with E-state index in [4.69, 9.17) is 17.3 Å². The fraction of sp³-hybridized carbons (Fsp3) is 0.594. The monoisotopic (exact) mass is 695 g/mol. The molecule has 10 nitrogen and oxygen atoms in total. The van der Waals surface area contributed by atoms with E-state index >= 15 is 0 Å². The number of thiophene rings is 1. The number of hydrogen-bond donors (Lipinski definition) is 3. The molecule has 1 aromatic heterocycles. The van der Waals surface area contributed by atoms with Gasteiger partial charge in [-0.1, -0.05) is 11.6 Å². The van der Waals surface area contributed by atoms with E-state index in [1.54, 1.807) is 9.80 Å². The summed E-state index contributed by atoms with van der Waals surface area (Å²) in [5.74, 6) is -1.31. The number of nitrogens with zero attached hydrogens (tertiary/aromatic N) is 4. The molecule has 5 heterocycles. The number of carbonyl (C=O) groups is 3. The second-order valence-electron chi connectivity index (χ2n) is 12.9. The SMILES string of the molecule is Nc1c(Cl)cc(C[C@@H](CC(=O)N2CCC(N3Cc4ccsc4NC3=O)CC2)C(=O)N2CCC(N3CCNCC3)CC2)cc1C(F)(F)F. The number of nitrogens with two attached hydrogens (primary N) is 1. The molecular formula is C32H41ClF3N7O3S. The predicted molar refractivity (Wildman–Crippen MR) is 175 cm³/mol. The van der Waals surface area contributed by atoms with Crippen LogP contribution in [0.15, 0.2) is 23.6 Å². The van der Waals surface area contributed by atoms with E-state index in [9.17, 15) is 27.6 Å². The van der Waals surface area contributed by atoms with Crippen LogP contribution in [0.4, 0.5) is 28.7 Å². The van der Waals surface area contributed by atoms with Gasteiger partial charge >= 0.3 is 12.2 Å². The lowest BCUT2D eigenvalue weighted by Crippen LogP contribution is -2.53. The number of alkyl halides is 3. The van der Waals surface area contributed by atoms with Crippen molar-refractivity contribution < 1.29 is 27.6 Å². The van der Waals surface area contributed by atoms with Crippen LogP contribution in [0.3, 0.4) is 0 Å². The molecule has 47 heavy (non-hydrogen) atoms. The highest BCUT2D eigenvalue weighted by Gasteiger charge is 2.38. The van der Waals surface area contributed by atoms with Gasteiger partial charge in [0.2, 0.25) is 11.8 Å². The summed E-state index contributed by atoms with van der Waals surface area (Å²) < 4.78 is 41.3. The Kier molecular flexibility index (Phi) is 10.2. The zero-order valence-corrected chi connectivity index (χ0v) is 27.7. The maximum absolute atomic E-state index is 14.0. The van der Waals surface area contributed by atoms with Gasteiger partial charge in [0, 0.05) is 76.4 Å². The van der Waals surface area contributed by atoms with Crippen molar-refractivity contribution >= 4 is 51.5 Å². The summed E-state index contributed by atoms with van der Waals surface area (Å²) in [6, 6.07) is 4.51. The molecule has 1 atom stereocenters. The van der Waals surface area contributed by atoms with E-state index in [2.05, 4.69) is 15.5 Å². The van der Waals surface area contributed by atoms with Crippen molar-refractivity contribution in [1.29, 1.82) is 0 Å². The Morgan fingerprint density at radius 1 is 1.00 bits per heavy atom. The molecule has 4 aliphatic heterocycles. The number of piperazine rings is 1. The van der Waals surface area contributed by atoms with Crippen LogP contribution in [0.25, 0.3) is 0 Å². The number of fused-ring (bicyclic) bond motifs is 1. The fourth-order valence-electron chi connectivity index (χ4n) is 7.37. The molecule has 6 rings (SSSR count). The Balaban J connectivity index is 1.13. The van der Waals surface area contributed by atoms with Gasteiger partial charge in [0.15, 0.2) is 0 Å². The van der Waals surface area contributed by atoms with Gasteiger partial charge in [-0.3, -0.25) is 19.8 Å². The maximum Gasteiger partial charge on any atom is 0.418 e. The van der Waals surface area contributed by atoms with Crippen molar-refractivity contribution in [2.45, 2.75) is 63.3 Å². The Bertz CT molecular complexity index is 1470. The molecule has 15 heteroatoms. The van der Waals surface area contributed by atoms with Crippen LogP contribution in [0.5, 0.6) is 0 Å². The summed E-state index contributed by atoms with van der Waals surface area (Å²) in [6.07, 6.45) is -2.11. The van der Waals surface area contributed by atoms with E-state index in [-0.39, 0.29) is 47.3 Å². The number of anilines is 2. The molecule has 0 spiro atoms. The van der Waals surface area contributed by atoms with E-state index in [1.807, 2.05) is 16.3 Å². The van der Waals surface area contributed by atoms with Gasteiger partial charge in [-0.2, -0.15) is 13.2 Å².